The fourth-order valence-corrected chi connectivity index (χ4v) is 4.21. The van der Waals surface area contributed by atoms with Crippen molar-refractivity contribution in [1.29, 1.82) is 0 Å². The van der Waals surface area contributed by atoms with E-state index in [1.54, 1.807) is 20.8 Å². The summed E-state index contributed by atoms with van der Waals surface area (Å²) in [4.78, 5) is 38.0. The Hall–Kier alpha value is -2.35. The number of terminal acetylenes is 1. The molecule has 5 atom stereocenters. The number of carbonyl (C=O) groups is 1. The fraction of sp³-hybridized carbons (Fsp3) is 0.682. The third-order valence-corrected chi connectivity index (χ3v) is 5.99. The highest BCUT2D eigenvalue weighted by atomic mass is 31.1. The molecular weight excluding hydrogens is 467 g/mol. The number of hydrogen-bond acceptors (Lipinski definition) is 9. The first-order chi connectivity index (χ1) is 16.2. The lowest BCUT2D eigenvalue weighted by molar-refractivity contribution is -0.160. The number of methoxy groups -OCH3 is 1. The number of nitrogens with zero attached hydrogens (tertiary/aromatic N) is 1. The van der Waals surface area contributed by atoms with Crippen LogP contribution in [-0.2, 0) is 32.8 Å². The van der Waals surface area contributed by atoms with E-state index in [9.17, 15) is 18.9 Å². The first-order valence-electron chi connectivity index (χ1n) is 10.9. The molecule has 188 valence electrons. The van der Waals surface area contributed by atoms with E-state index >= 15 is 0 Å². The van der Waals surface area contributed by atoms with Crippen molar-refractivity contribution in [2.24, 2.45) is 11.3 Å². The summed E-state index contributed by atoms with van der Waals surface area (Å²) in [6.07, 6.45) is 5.52. The number of nitrogens with one attached hydrogen (secondary N) is 1. The van der Waals surface area contributed by atoms with E-state index in [4.69, 9.17) is 29.9 Å². The third-order valence-electron chi connectivity index (χ3n) is 5.74. The molecule has 0 bridgehead atoms. The molecule has 1 aliphatic heterocycles. The van der Waals surface area contributed by atoms with E-state index < -0.39 is 49.8 Å². The van der Waals surface area contributed by atoms with Gasteiger partial charge in [-0.2, -0.15) is 0 Å². The maximum absolute atomic E-state index is 12.4. The monoisotopic (exact) mass is 498 g/mol. The zero-order chi connectivity index (χ0) is 25.3. The first-order valence-corrected chi connectivity index (χ1v) is 11.6. The summed E-state index contributed by atoms with van der Waals surface area (Å²) in [7, 11) is 0.919. The van der Waals surface area contributed by atoms with E-state index in [0.717, 1.165) is 0 Å². The average Bonchev–Trinajstić information content (AvgIpc) is 3.06. The number of ether oxygens (including phenoxy) is 4. The van der Waals surface area contributed by atoms with E-state index in [-0.39, 0.29) is 31.8 Å². The molecule has 1 saturated heterocycles. The van der Waals surface area contributed by atoms with Gasteiger partial charge in [-0.15, -0.1) is 6.42 Å². The van der Waals surface area contributed by atoms with E-state index in [1.807, 2.05) is 0 Å². The standard InChI is InChI=1S/C22H31N2O9P/c1-6-22(4)15(8-11-30-12-9-16(29-5)19(26)32-14(2)3)17(13-31-34-28)33-20(22)24-10-7-18(25)23-21(24)27/h1,7,10,14-17,20H,8-9,11-13H2,2-5H3,(H,23,25,27)/t15-,16-,17-,20-,22-/m1/s1. The second kappa shape index (κ2) is 12.9. The fourth-order valence-electron chi connectivity index (χ4n) is 4.00. The van der Waals surface area contributed by atoms with Crippen LogP contribution < -0.4 is 11.2 Å². The highest BCUT2D eigenvalue weighted by molar-refractivity contribution is 7.17. The van der Waals surface area contributed by atoms with Gasteiger partial charge in [-0.25, -0.2) is 14.2 Å². The third kappa shape index (κ3) is 6.84. The van der Waals surface area contributed by atoms with Crippen molar-refractivity contribution in [3.63, 3.8) is 0 Å². The van der Waals surface area contributed by atoms with Gasteiger partial charge >= 0.3 is 20.3 Å². The van der Waals surface area contributed by atoms with Gasteiger partial charge in [0.05, 0.1) is 24.2 Å². The molecule has 1 aromatic rings. The lowest BCUT2D eigenvalue weighted by Crippen LogP contribution is -2.38. The largest absolute Gasteiger partial charge is 0.461 e. The number of carbonyl (C=O) groups excluding carboxylic acids is 1. The molecule has 0 amide bonds. The summed E-state index contributed by atoms with van der Waals surface area (Å²) in [5.41, 5.74) is -2.16. The molecule has 1 fully saturated rings. The van der Waals surface area contributed by atoms with Crippen LogP contribution in [0, 0.1) is 23.7 Å². The van der Waals surface area contributed by atoms with Crippen LogP contribution in [0.1, 0.15) is 39.8 Å². The van der Waals surface area contributed by atoms with Crippen molar-refractivity contribution >= 4 is 14.7 Å². The predicted octanol–water partition coefficient (Wildman–Crippen LogP) is 1.68. The van der Waals surface area contributed by atoms with Gasteiger partial charge in [0.15, 0.2) is 12.3 Å². The molecule has 2 heterocycles. The molecule has 34 heavy (non-hydrogen) atoms. The van der Waals surface area contributed by atoms with Crippen LogP contribution in [0.25, 0.3) is 0 Å². The minimum Gasteiger partial charge on any atom is -0.461 e. The van der Waals surface area contributed by atoms with E-state index in [1.165, 1.54) is 23.9 Å². The van der Waals surface area contributed by atoms with Crippen molar-refractivity contribution in [2.75, 3.05) is 26.9 Å². The van der Waals surface area contributed by atoms with Gasteiger partial charge in [-0.1, -0.05) is 5.92 Å². The lowest BCUT2D eigenvalue weighted by Gasteiger charge is -2.31. The van der Waals surface area contributed by atoms with Crippen LogP contribution in [0.2, 0.25) is 0 Å². The van der Waals surface area contributed by atoms with Crippen LogP contribution in [0.15, 0.2) is 21.9 Å². The Balaban J connectivity index is 2.08. The Morgan fingerprint density at radius 3 is 2.71 bits per heavy atom. The average molecular weight is 498 g/mol. The summed E-state index contributed by atoms with van der Waals surface area (Å²) >= 11 is 0. The van der Waals surface area contributed by atoms with Crippen molar-refractivity contribution in [2.45, 2.75) is 58.2 Å². The molecule has 11 nitrogen and oxygen atoms in total. The molecule has 1 aliphatic rings. The molecule has 0 aliphatic carbocycles. The number of aromatic nitrogens is 2. The first kappa shape index (κ1) is 27.9. The molecule has 0 spiro atoms. The molecule has 12 heteroatoms. The number of H-pyrrole nitrogens is 1. The molecule has 0 saturated carbocycles. The maximum Gasteiger partial charge on any atom is 0.335 e. The van der Waals surface area contributed by atoms with Gasteiger partial charge in [0.2, 0.25) is 0 Å². The Morgan fingerprint density at radius 1 is 1.38 bits per heavy atom. The van der Waals surface area contributed by atoms with E-state index in [0.29, 0.717) is 12.8 Å². The smallest absolute Gasteiger partial charge is 0.335 e. The normalized spacial score (nSPS) is 25.4. The van der Waals surface area contributed by atoms with Gasteiger partial charge < -0.3 is 18.9 Å². The van der Waals surface area contributed by atoms with Crippen LogP contribution >= 0.6 is 8.69 Å². The SMILES string of the molecule is C#C[C@]1(C)[C@H](CCOCC[C@@H](OC)C(=O)OC(C)C)[C@@H](COP=O)O[C@H]1n1ccc(=O)[nH]c1=O. The number of hydrogen-bond donors (Lipinski definition) is 1. The maximum atomic E-state index is 12.4. The van der Waals surface area contributed by atoms with Crippen LogP contribution in [0.4, 0.5) is 0 Å². The molecule has 1 aromatic heterocycles. The van der Waals surface area contributed by atoms with Gasteiger partial charge in [-0.3, -0.25) is 18.9 Å². The summed E-state index contributed by atoms with van der Waals surface area (Å²) in [5.74, 6) is 1.96. The van der Waals surface area contributed by atoms with Crippen molar-refractivity contribution in [1.82, 2.24) is 9.55 Å². The Kier molecular flexibility index (Phi) is 10.6. The zero-order valence-corrected chi connectivity index (χ0v) is 20.6. The van der Waals surface area contributed by atoms with Gasteiger partial charge in [0, 0.05) is 44.9 Å². The molecule has 0 aromatic carbocycles. The van der Waals surface area contributed by atoms with E-state index in [2.05, 4.69) is 10.9 Å². The van der Waals surface area contributed by atoms with Crippen LogP contribution in [-0.4, -0.2) is 60.8 Å². The topological polar surface area (TPSA) is 135 Å². The Morgan fingerprint density at radius 2 is 2.12 bits per heavy atom. The number of rotatable bonds is 13. The summed E-state index contributed by atoms with van der Waals surface area (Å²) in [6, 6.07) is 1.20. The van der Waals surface area contributed by atoms with Crippen molar-refractivity contribution < 1.29 is 32.8 Å². The van der Waals surface area contributed by atoms with Crippen LogP contribution in [0.3, 0.4) is 0 Å². The van der Waals surface area contributed by atoms with Gasteiger partial charge in [-0.05, 0) is 27.2 Å². The van der Waals surface area contributed by atoms with Crippen molar-refractivity contribution in [3.8, 4) is 12.3 Å². The molecule has 1 N–H and O–H groups in total. The molecule has 2 rings (SSSR count). The second-order valence-electron chi connectivity index (χ2n) is 8.35. The minimum atomic E-state index is -0.963. The lowest BCUT2D eigenvalue weighted by atomic mass is 9.74. The van der Waals surface area contributed by atoms with Gasteiger partial charge in [0.1, 0.15) is 0 Å². The van der Waals surface area contributed by atoms with Crippen LogP contribution in [0.5, 0.6) is 0 Å². The van der Waals surface area contributed by atoms with Crippen molar-refractivity contribution in [3.05, 3.63) is 33.1 Å². The quantitative estimate of drug-likeness (QED) is 0.186. The van der Waals surface area contributed by atoms with Gasteiger partial charge in [0.25, 0.3) is 5.56 Å². The highest BCUT2D eigenvalue weighted by Gasteiger charge is 2.53. The Labute approximate surface area is 199 Å². The summed E-state index contributed by atoms with van der Waals surface area (Å²) in [6.45, 7) is 5.80. The predicted molar refractivity (Wildman–Crippen MR) is 121 cm³/mol. The highest BCUT2D eigenvalue weighted by Crippen LogP contribution is 2.50. The Bertz CT molecular complexity index is 986. The number of aromatic amines is 1. The number of esters is 1. The summed E-state index contributed by atoms with van der Waals surface area (Å²) < 4.78 is 39.2. The minimum absolute atomic E-state index is 0.0195. The second-order valence-corrected chi connectivity index (χ2v) is 8.76. The molecule has 0 unspecified atom stereocenters. The zero-order valence-electron chi connectivity index (χ0n) is 19.7. The molecular formula is C22H31N2O9P. The summed E-state index contributed by atoms with van der Waals surface area (Å²) in [5, 5.41) is 0. The molecule has 0 radical (unpaired) electrons.